The summed E-state index contributed by atoms with van der Waals surface area (Å²) < 4.78 is 0. The summed E-state index contributed by atoms with van der Waals surface area (Å²) in [5.74, 6) is 0.100. The van der Waals surface area contributed by atoms with Gasteiger partial charge >= 0.3 is 0 Å². The third kappa shape index (κ3) is 2.75. The van der Waals surface area contributed by atoms with Crippen LogP contribution >= 0.6 is 0 Å². The van der Waals surface area contributed by atoms with Crippen LogP contribution in [0.3, 0.4) is 0 Å². The number of hydrogen-bond donors (Lipinski definition) is 0. The molecular weight excluding hydrogens is 328 g/mol. The summed E-state index contributed by atoms with van der Waals surface area (Å²) in [4.78, 5) is 29.2. The highest BCUT2D eigenvalue weighted by molar-refractivity contribution is 5.94. The number of piperidine rings is 1. The molecule has 6 nitrogen and oxygen atoms in total. The average molecular weight is 350 g/mol. The Labute approximate surface area is 152 Å². The van der Waals surface area contributed by atoms with E-state index in [2.05, 4.69) is 10.2 Å². The Bertz CT molecular complexity index is 801. The van der Waals surface area contributed by atoms with Crippen LogP contribution in [0.2, 0.25) is 0 Å². The van der Waals surface area contributed by atoms with Crippen LogP contribution in [0, 0.1) is 0 Å². The Morgan fingerprint density at radius 1 is 1.12 bits per heavy atom. The summed E-state index contributed by atoms with van der Waals surface area (Å²) in [5.41, 5.74) is 1.50. The molecule has 2 saturated heterocycles. The molecule has 1 atom stereocenters. The molecule has 2 fully saturated rings. The molecule has 0 bridgehead atoms. The van der Waals surface area contributed by atoms with Gasteiger partial charge in [0, 0.05) is 25.7 Å². The Morgan fingerprint density at radius 2 is 1.85 bits per heavy atom. The molecule has 0 radical (unpaired) electrons. The van der Waals surface area contributed by atoms with Crippen molar-refractivity contribution in [2.24, 2.45) is 0 Å². The van der Waals surface area contributed by atoms with Crippen LogP contribution in [0.4, 0.5) is 0 Å². The number of carbonyl (C=O) groups excluding carboxylic acids is 2. The zero-order valence-corrected chi connectivity index (χ0v) is 14.8. The summed E-state index contributed by atoms with van der Waals surface area (Å²) in [5, 5.41) is 7.51. The van der Waals surface area contributed by atoms with Crippen LogP contribution in [-0.2, 0) is 4.79 Å². The van der Waals surface area contributed by atoms with E-state index in [1.54, 1.807) is 6.07 Å². The minimum absolute atomic E-state index is 0.0127. The molecule has 0 saturated carbocycles. The number of rotatable bonds is 2. The van der Waals surface area contributed by atoms with Crippen molar-refractivity contribution in [3.63, 3.8) is 0 Å². The van der Waals surface area contributed by atoms with Gasteiger partial charge in [-0.15, -0.1) is 0 Å². The Balaban J connectivity index is 1.48. The molecule has 2 amide bonds. The van der Waals surface area contributed by atoms with E-state index in [1.807, 2.05) is 47.2 Å². The van der Waals surface area contributed by atoms with Gasteiger partial charge in [-0.25, -0.2) is 0 Å². The second kappa shape index (κ2) is 6.52. The van der Waals surface area contributed by atoms with E-state index < -0.39 is 0 Å². The van der Waals surface area contributed by atoms with Gasteiger partial charge < -0.3 is 9.80 Å². The van der Waals surface area contributed by atoms with Crippen molar-refractivity contribution in [3.05, 3.63) is 59.9 Å². The summed E-state index contributed by atoms with van der Waals surface area (Å²) in [6, 6.07) is 11.7. The summed E-state index contributed by atoms with van der Waals surface area (Å²) in [6.07, 6.45) is 5.48. The second-order valence-electron chi connectivity index (χ2n) is 7.21. The quantitative estimate of drug-likeness (QED) is 0.832. The van der Waals surface area contributed by atoms with Crippen LogP contribution in [0.1, 0.15) is 41.1 Å². The van der Waals surface area contributed by atoms with Crippen molar-refractivity contribution in [3.8, 4) is 0 Å². The van der Waals surface area contributed by atoms with Gasteiger partial charge in [-0.2, -0.15) is 10.2 Å². The molecule has 1 aromatic heterocycles. The SMILES string of the molecule is CN1C(=O)C(c2ccccc2)CC12CCN(C(=O)c1ccnnc1)CC2. The Kier molecular flexibility index (Phi) is 4.18. The number of benzene rings is 1. The second-order valence-corrected chi connectivity index (χ2v) is 7.21. The van der Waals surface area contributed by atoms with Crippen LogP contribution in [0.5, 0.6) is 0 Å². The van der Waals surface area contributed by atoms with Crippen molar-refractivity contribution in [1.29, 1.82) is 0 Å². The number of hydrogen-bond acceptors (Lipinski definition) is 4. The minimum Gasteiger partial charge on any atom is -0.339 e. The Morgan fingerprint density at radius 3 is 2.50 bits per heavy atom. The first-order chi connectivity index (χ1) is 12.6. The number of aromatic nitrogens is 2. The predicted molar refractivity (Wildman–Crippen MR) is 96.5 cm³/mol. The first kappa shape index (κ1) is 16.7. The fourth-order valence-corrected chi connectivity index (χ4v) is 4.28. The fourth-order valence-electron chi connectivity index (χ4n) is 4.28. The first-order valence-corrected chi connectivity index (χ1v) is 8.99. The van der Waals surface area contributed by atoms with Gasteiger partial charge in [-0.05, 0) is 30.9 Å². The molecule has 1 spiro atoms. The van der Waals surface area contributed by atoms with Crippen molar-refractivity contribution in [2.75, 3.05) is 20.1 Å². The molecule has 6 heteroatoms. The van der Waals surface area contributed by atoms with Crippen molar-refractivity contribution in [2.45, 2.75) is 30.7 Å². The number of nitrogens with zero attached hydrogens (tertiary/aromatic N) is 4. The molecule has 134 valence electrons. The number of amides is 2. The molecule has 1 unspecified atom stereocenters. The highest BCUT2D eigenvalue weighted by Crippen LogP contribution is 2.44. The van der Waals surface area contributed by atoms with Gasteiger partial charge in [0.25, 0.3) is 5.91 Å². The molecule has 2 aromatic rings. The largest absolute Gasteiger partial charge is 0.339 e. The normalized spacial score (nSPS) is 22.0. The van der Waals surface area contributed by atoms with Crippen molar-refractivity contribution in [1.82, 2.24) is 20.0 Å². The van der Waals surface area contributed by atoms with E-state index in [1.165, 1.54) is 12.4 Å². The average Bonchev–Trinajstić information content (AvgIpc) is 2.95. The molecule has 3 heterocycles. The van der Waals surface area contributed by atoms with E-state index >= 15 is 0 Å². The molecule has 0 aliphatic carbocycles. The summed E-state index contributed by atoms with van der Waals surface area (Å²) >= 11 is 0. The molecule has 2 aliphatic rings. The van der Waals surface area contributed by atoms with Gasteiger partial charge in [-0.3, -0.25) is 9.59 Å². The van der Waals surface area contributed by atoms with E-state index in [0.29, 0.717) is 18.7 Å². The standard InChI is InChI=1S/C20H22N4O2/c1-23-19(26)17(15-5-3-2-4-6-15)13-20(23)8-11-24(12-9-20)18(25)16-7-10-21-22-14-16/h2-7,10,14,17H,8-9,11-13H2,1H3. The maximum Gasteiger partial charge on any atom is 0.255 e. The van der Waals surface area contributed by atoms with Gasteiger partial charge in [-0.1, -0.05) is 30.3 Å². The third-order valence-corrected chi connectivity index (χ3v) is 5.94. The highest BCUT2D eigenvalue weighted by atomic mass is 16.2. The monoisotopic (exact) mass is 350 g/mol. The van der Waals surface area contributed by atoms with Crippen molar-refractivity contribution < 1.29 is 9.59 Å². The maximum atomic E-state index is 12.8. The lowest BCUT2D eigenvalue weighted by Gasteiger charge is -2.43. The first-order valence-electron chi connectivity index (χ1n) is 8.99. The van der Waals surface area contributed by atoms with Gasteiger partial charge in [0.05, 0.1) is 23.9 Å². The van der Waals surface area contributed by atoms with Crippen molar-refractivity contribution >= 4 is 11.8 Å². The number of likely N-dealkylation sites (N-methyl/N-ethyl adjacent to an activating group) is 1. The number of carbonyl (C=O) groups is 2. The molecule has 26 heavy (non-hydrogen) atoms. The maximum absolute atomic E-state index is 12.8. The van der Waals surface area contributed by atoms with E-state index in [9.17, 15) is 9.59 Å². The van der Waals surface area contributed by atoms with Gasteiger partial charge in [0.1, 0.15) is 0 Å². The summed E-state index contributed by atoms with van der Waals surface area (Å²) in [7, 11) is 1.91. The lowest BCUT2D eigenvalue weighted by molar-refractivity contribution is -0.131. The van der Waals surface area contributed by atoms with Crippen LogP contribution in [-0.4, -0.2) is 57.5 Å². The zero-order chi connectivity index (χ0) is 18.1. The molecular formula is C20H22N4O2. The lowest BCUT2D eigenvalue weighted by atomic mass is 9.81. The predicted octanol–water partition coefficient (Wildman–Crippen LogP) is 2.10. The molecule has 1 aromatic carbocycles. The van der Waals surface area contributed by atoms with E-state index in [-0.39, 0.29) is 23.3 Å². The smallest absolute Gasteiger partial charge is 0.255 e. The van der Waals surface area contributed by atoms with Crippen LogP contribution in [0.25, 0.3) is 0 Å². The highest BCUT2D eigenvalue weighted by Gasteiger charge is 2.50. The lowest BCUT2D eigenvalue weighted by Crippen LogP contribution is -2.52. The van der Waals surface area contributed by atoms with Crippen LogP contribution in [0.15, 0.2) is 48.8 Å². The minimum atomic E-state index is -0.148. The van der Waals surface area contributed by atoms with Gasteiger partial charge in [0.15, 0.2) is 0 Å². The van der Waals surface area contributed by atoms with Gasteiger partial charge in [0.2, 0.25) is 5.91 Å². The van der Waals surface area contributed by atoms with Crippen LogP contribution < -0.4 is 0 Å². The topological polar surface area (TPSA) is 66.4 Å². The molecule has 4 rings (SSSR count). The fraction of sp³-hybridized carbons (Fsp3) is 0.400. The van der Waals surface area contributed by atoms with E-state index in [4.69, 9.17) is 0 Å². The Hall–Kier alpha value is -2.76. The number of likely N-dealkylation sites (tertiary alicyclic amines) is 2. The molecule has 2 aliphatic heterocycles. The van der Waals surface area contributed by atoms with E-state index in [0.717, 1.165) is 24.8 Å². The third-order valence-electron chi connectivity index (χ3n) is 5.94. The summed E-state index contributed by atoms with van der Waals surface area (Å²) in [6.45, 7) is 1.31. The molecule has 0 N–H and O–H groups in total. The zero-order valence-electron chi connectivity index (χ0n) is 14.8.